The third kappa shape index (κ3) is 2.49. The van der Waals surface area contributed by atoms with Crippen LogP contribution in [0.25, 0.3) is 10.8 Å². The quantitative estimate of drug-likeness (QED) is 0.760. The molecule has 0 saturated carbocycles. The van der Waals surface area contributed by atoms with Crippen LogP contribution in [0, 0.1) is 0 Å². The van der Waals surface area contributed by atoms with E-state index in [0.29, 0.717) is 11.8 Å². The van der Waals surface area contributed by atoms with Crippen LogP contribution >= 0.6 is 0 Å². The monoisotopic (exact) mass is 303 g/mol. The second-order valence-corrected chi connectivity index (χ2v) is 6.45. The van der Waals surface area contributed by atoms with Gasteiger partial charge in [0, 0.05) is 18.2 Å². The van der Waals surface area contributed by atoms with Crippen molar-refractivity contribution in [2.75, 3.05) is 7.05 Å². The molecule has 0 heterocycles. The molecule has 3 aromatic rings. The van der Waals surface area contributed by atoms with Crippen LogP contribution in [0.3, 0.4) is 0 Å². The Morgan fingerprint density at radius 2 is 1.78 bits per heavy atom. The third-order valence-electron chi connectivity index (χ3n) is 5.06. The Kier molecular flexibility index (Phi) is 3.55. The molecule has 0 aliphatic heterocycles. The minimum absolute atomic E-state index is 0.391. The predicted molar refractivity (Wildman–Crippen MR) is 94.6 cm³/mol. The highest BCUT2D eigenvalue weighted by Gasteiger charge is 2.26. The summed E-state index contributed by atoms with van der Waals surface area (Å²) >= 11 is 0. The first-order valence-corrected chi connectivity index (χ1v) is 8.21. The number of hydrogen-bond acceptors (Lipinski definition) is 2. The zero-order valence-corrected chi connectivity index (χ0v) is 13.4. The van der Waals surface area contributed by atoms with Gasteiger partial charge in [0.05, 0.1) is 0 Å². The lowest BCUT2D eigenvalue weighted by atomic mass is 10.0. The topological polar surface area (TPSA) is 23.5 Å². The van der Waals surface area contributed by atoms with Crippen molar-refractivity contribution in [2.24, 2.45) is 0 Å². The van der Waals surface area contributed by atoms with E-state index in [1.54, 1.807) is 0 Å². The Bertz CT molecular complexity index is 855. The van der Waals surface area contributed by atoms with Crippen LogP contribution in [-0.2, 0) is 13.0 Å². The number of nitrogens with zero attached hydrogens (tertiary/aromatic N) is 1. The summed E-state index contributed by atoms with van der Waals surface area (Å²) in [6, 6.07) is 21.2. The van der Waals surface area contributed by atoms with Gasteiger partial charge in [-0.3, -0.25) is 4.90 Å². The van der Waals surface area contributed by atoms with Crippen LogP contribution in [0.1, 0.15) is 29.2 Å². The molecule has 0 bridgehead atoms. The van der Waals surface area contributed by atoms with Gasteiger partial charge in [-0.1, -0.05) is 54.6 Å². The number of phenols is 1. The molecule has 116 valence electrons. The number of hydrogen-bond donors (Lipinski definition) is 1. The highest BCUT2D eigenvalue weighted by atomic mass is 16.3. The molecule has 2 nitrogen and oxygen atoms in total. The summed E-state index contributed by atoms with van der Waals surface area (Å²) in [6.07, 6.45) is 2.30. The van der Waals surface area contributed by atoms with Gasteiger partial charge in [0.15, 0.2) is 0 Å². The molecule has 3 aromatic carbocycles. The van der Waals surface area contributed by atoms with Crippen molar-refractivity contribution < 1.29 is 5.11 Å². The molecular formula is C21H21NO. The average molecular weight is 303 g/mol. The Labute approximate surface area is 137 Å². The predicted octanol–water partition coefficient (Wildman–Crippen LogP) is 4.66. The van der Waals surface area contributed by atoms with Gasteiger partial charge < -0.3 is 5.11 Å². The van der Waals surface area contributed by atoms with E-state index in [4.69, 9.17) is 0 Å². The van der Waals surface area contributed by atoms with Crippen LogP contribution in [0.4, 0.5) is 0 Å². The minimum atomic E-state index is 0.391. The summed E-state index contributed by atoms with van der Waals surface area (Å²) in [7, 11) is 2.16. The molecule has 0 radical (unpaired) electrons. The normalized spacial score (nSPS) is 16.9. The molecule has 4 rings (SSSR count). The number of benzene rings is 3. The van der Waals surface area contributed by atoms with E-state index in [1.165, 1.54) is 16.5 Å². The molecular weight excluding hydrogens is 282 g/mol. The van der Waals surface area contributed by atoms with E-state index in [2.05, 4.69) is 48.3 Å². The van der Waals surface area contributed by atoms with Gasteiger partial charge >= 0.3 is 0 Å². The molecule has 0 aromatic heterocycles. The second-order valence-electron chi connectivity index (χ2n) is 6.45. The van der Waals surface area contributed by atoms with E-state index >= 15 is 0 Å². The van der Waals surface area contributed by atoms with Crippen molar-refractivity contribution in [2.45, 2.75) is 25.4 Å². The lowest BCUT2D eigenvalue weighted by Crippen LogP contribution is -2.22. The SMILES string of the molecule is CN(Cc1c(O)ccc2ccccc12)[C@H]1CCc2ccccc21. The van der Waals surface area contributed by atoms with Gasteiger partial charge in [-0.25, -0.2) is 0 Å². The Morgan fingerprint density at radius 3 is 2.70 bits per heavy atom. The molecule has 0 fully saturated rings. The average Bonchev–Trinajstić information content (AvgIpc) is 3.01. The lowest BCUT2D eigenvalue weighted by Gasteiger charge is -2.26. The summed E-state index contributed by atoms with van der Waals surface area (Å²) in [4.78, 5) is 2.37. The molecule has 0 spiro atoms. The van der Waals surface area contributed by atoms with Crippen LogP contribution < -0.4 is 0 Å². The zero-order valence-electron chi connectivity index (χ0n) is 13.4. The zero-order chi connectivity index (χ0) is 15.8. The Balaban J connectivity index is 1.68. The third-order valence-corrected chi connectivity index (χ3v) is 5.06. The summed E-state index contributed by atoms with van der Waals surface area (Å²) < 4.78 is 0. The first-order valence-electron chi connectivity index (χ1n) is 8.21. The van der Waals surface area contributed by atoms with Crippen molar-refractivity contribution in [1.29, 1.82) is 0 Å². The van der Waals surface area contributed by atoms with Gasteiger partial charge in [-0.05, 0) is 47.9 Å². The molecule has 0 unspecified atom stereocenters. The lowest BCUT2D eigenvalue weighted by molar-refractivity contribution is 0.234. The molecule has 1 aliphatic rings. The van der Waals surface area contributed by atoms with E-state index in [9.17, 15) is 5.11 Å². The molecule has 0 saturated heterocycles. The number of fused-ring (bicyclic) bond motifs is 2. The fourth-order valence-corrected chi connectivity index (χ4v) is 3.84. The standard InChI is InChI=1S/C21H21NO/c1-22(20-12-10-16-7-3-5-9-18(16)20)14-19-17-8-4-2-6-15(17)11-13-21(19)23/h2-9,11,13,20,23H,10,12,14H2,1H3/t20-/m0/s1. The first kappa shape index (κ1) is 14.3. The highest BCUT2D eigenvalue weighted by molar-refractivity contribution is 5.87. The highest BCUT2D eigenvalue weighted by Crippen LogP contribution is 2.37. The number of aromatic hydroxyl groups is 1. The van der Waals surface area contributed by atoms with E-state index in [-0.39, 0.29) is 0 Å². The molecule has 2 heteroatoms. The fourth-order valence-electron chi connectivity index (χ4n) is 3.84. The summed E-state index contributed by atoms with van der Waals surface area (Å²) in [6.45, 7) is 0.756. The maximum absolute atomic E-state index is 10.4. The number of phenolic OH excluding ortho intramolecular Hbond substituents is 1. The Morgan fingerprint density at radius 1 is 1.00 bits per heavy atom. The number of aryl methyl sites for hydroxylation is 1. The fraction of sp³-hybridized carbons (Fsp3) is 0.238. The molecule has 1 atom stereocenters. The Hall–Kier alpha value is -2.32. The van der Waals surface area contributed by atoms with Crippen LogP contribution in [0.15, 0.2) is 60.7 Å². The molecule has 1 N–H and O–H groups in total. The summed E-state index contributed by atoms with van der Waals surface area (Å²) in [5.41, 5.74) is 3.93. The van der Waals surface area contributed by atoms with Gasteiger partial charge in [-0.2, -0.15) is 0 Å². The number of rotatable bonds is 3. The summed E-state index contributed by atoms with van der Waals surface area (Å²) in [5, 5.41) is 12.7. The van der Waals surface area contributed by atoms with Crippen molar-refractivity contribution in [3.05, 3.63) is 77.4 Å². The van der Waals surface area contributed by atoms with Crippen LogP contribution in [-0.4, -0.2) is 17.1 Å². The largest absolute Gasteiger partial charge is 0.508 e. The van der Waals surface area contributed by atoms with Crippen LogP contribution in [0.5, 0.6) is 5.75 Å². The second kappa shape index (κ2) is 5.71. The minimum Gasteiger partial charge on any atom is -0.508 e. The molecule has 1 aliphatic carbocycles. The van der Waals surface area contributed by atoms with Gasteiger partial charge in [0.2, 0.25) is 0 Å². The van der Waals surface area contributed by atoms with E-state index in [0.717, 1.165) is 30.3 Å². The molecule has 0 amide bonds. The van der Waals surface area contributed by atoms with Crippen molar-refractivity contribution in [3.8, 4) is 5.75 Å². The van der Waals surface area contributed by atoms with E-state index in [1.807, 2.05) is 24.3 Å². The van der Waals surface area contributed by atoms with Crippen molar-refractivity contribution in [1.82, 2.24) is 4.90 Å². The van der Waals surface area contributed by atoms with Gasteiger partial charge in [-0.15, -0.1) is 0 Å². The molecule has 23 heavy (non-hydrogen) atoms. The van der Waals surface area contributed by atoms with Crippen molar-refractivity contribution >= 4 is 10.8 Å². The van der Waals surface area contributed by atoms with Gasteiger partial charge in [0.25, 0.3) is 0 Å². The van der Waals surface area contributed by atoms with E-state index < -0.39 is 0 Å². The first-order chi connectivity index (χ1) is 11.2. The van der Waals surface area contributed by atoms with Crippen LogP contribution in [0.2, 0.25) is 0 Å². The summed E-state index contributed by atoms with van der Waals surface area (Å²) in [5.74, 6) is 0.391. The maximum Gasteiger partial charge on any atom is 0.120 e. The van der Waals surface area contributed by atoms with Crippen molar-refractivity contribution in [3.63, 3.8) is 0 Å². The van der Waals surface area contributed by atoms with Gasteiger partial charge in [0.1, 0.15) is 5.75 Å². The maximum atomic E-state index is 10.4. The smallest absolute Gasteiger partial charge is 0.120 e.